The van der Waals surface area contributed by atoms with Crippen LogP contribution in [0.3, 0.4) is 0 Å². The van der Waals surface area contributed by atoms with Gasteiger partial charge in [0.05, 0.1) is 5.56 Å². The van der Waals surface area contributed by atoms with Crippen molar-refractivity contribution in [1.29, 1.82) is 0 Å². The molecule has 7 heteroatoms. The summed E-state index contributed by atoms with van der Waals surface area (Å²) in [5.74, 6) is -0.140. The summed E-state index contributed by atoms with van der Waals surface area (Å²) in [6, 6.07) is 3.44. The number of ether oxygens (including phenoxy) is 1. The standard InChI is InChI=1S/C16H26N4O3/c1-16(2,3)23-15(22)19-9-11-20(4)10-8-18-14(21)13-6-5-7-17-12-13/h5-7,12H,8-11H2,1-4H3,(H,18,21)(H,19,22). The molecule has 0 saturated heterocycles. The molecule has 0 fully saturated rings. The normalized spacial score (nSPS) is 11.2. The Bertz CT molecular complexity index is 500. The van der Waals surface area contributed by atoms with E-state index < -0.39 is 11.7 Å². The number of nitrogens with zero attached hydrogens (tertiary/aromatic N) is 2. The molecule has 0 unspecified atom stereocenters. The molecule has 0 aromatic carbocycles. The number of nitrogens with one attached hydrogen (secondary N) is 2. The van der Waals surface area contributed by atoms with E-state index in [1.807, 2.05) is 32.7 Å². The molecule has 1 rings (SSSR count). The Labute approximate surface area is 137 Å². The second kappa shape index (κ2) is 9.09. The highest BCUT2D eigenvalue weighted by atomic mass is 16.6. The first-order valence-electron chi connectivity index (χ1n) is 7.61. The van der Waals surface area contributed by atoms with E-state index in [1.165, 1.54) is 6.20 Å². The third-order valence-electron chi connectivity index (χ3n) is 2.86. The molecule has 0 aliphatic carbocycles. The molecule has 0 atom stereocenters. The van der Waals surface area contributed by atoms with Crippen molar-refractivity contribution in [2.75, 3.05) is 33.2 Å². The summed E-state index contributed by atoms with van der Waals surface area (Å²) in [6.07, 6.45) is 2.74. The van der Waals surface area contributed by atoms with Crippen LogP contribution in [0.1, 0.15) is 31.1 Å². The smallest absolute Gasteiger partial charge is 0.407 e. The van der Waals surface area contributed by atoms with Crippen LogP contribution >= 0.6 is 0 Å². The van der Waals surface area contributed by atoms with Gasteiger partial charge in [0.15, 0.2) is 0 Å². The van der Waals surface area contributed by atoms with Crippen LogP contribution in [0.5, 0.6) is 0 Å². The lowest BCUT2D eigenvalue weighted by atomic mass is 10.2. The Morgan fingerprint density at radius 3 is 2.43 bits per heavy atom. The fourth-order valence-corrected chi connectivity index (χ4v) is 1.73. The molecule has 23 heavy (non-hydrogen) atoms. The van der Waals surface area contributed by atoms with E-state index in [9.17, 15) is 9.59 Å². The summed E-state index contributed by atoms with van der Waals surface area (Å²) in [4.78, 5) is 29.2. The topological polar surface area (TPSA) is 83.6 Å². The molecule has 0 bridgehead atoms. The van der Waals surface area contributed by atoms with Gasteiger partial charge in [-0.15, -0.1) is 0 Å². The fraction of sp³-hybridized carbons (Fsp3) is 0.562. The Kier molecular flexibility index (Phi) is 7.47. The number of aromatic nitrogens is 1. The summed E-state index contributed by atoms with van der Waals surface area (Å²) in [5.41, 5.74) is 0.0498. The van der Waals surface area contributed by atoms with Gasteiger partial charge in [-0.1, -0.05) is 0 Å². The number of hydrogen-bond acceptors (Lipinski definition) is 5. The molecule has 0 saturated carbocycles. The minimum Gasteiger partial charge on any atom is -0.444 e. The number of rotatable bonds is 7. The van der Waals surface area contributed by atoms with Gasteiger partial charge < -0.3 is 20.3 Å². The fourth-order valence-electron chi connectivity index (χ4n) is 1.73. The van der Waals surface area contributed by atoms with E-state index in [4.69, 9.17) is 4.74 Å². The number of amides is 2. The molecule has 128 valence electrons. The lowest BCUT2D eigenvalue weighted by Gasteiger charge is -2.21. The molecule has 0 spiro atoms. The number of alkyl carbamates (subject to hydrolysis) is 1. The maximum Gasteiger partial charge on any atom is 0.407 e. The quantitative estimate of drug-likeness (QED) is 0.790. The predicted octanol–water partition coefficient (Wildman–Crippen LogP) is 1.27. The molecule has 0 radical (unpaired) electrons. The second-order valence-corrected chi connectivity index (χ2v) is 6.23. The van der Waals surface area contributed by atoms with Gasteiger partial charge in [-0.2, -0.15) is 0 Å². The third kappa shape index (κ3) is 8.77. The zero-order valence-electron chi connectivity index (χ0n) is 14.3. The monoisotopic (exact) mass is 322 g/mol. The van der Waals surface area contributed by atoms with Gasteiger partial charge in [-0.05, 0) is 40.0 Å². The van der Waals surface area contributed by atoms with Gasteiger partial charge in [-0.3, -0.25) is 9.78 Å². The molecule has 2 amide bonds. The highest BCUT2D eigenvalue weighted by Crippen LogP contribution is 2.06. The molecule has 7 nitrogen and oxygen atoms in total. The van der Waals surface area contributed by atoms with Crippen LogP contribution < -0.4 is 10.6 Å². The van der Waals surface area contributed by atoms with Gasteiger partial charge in [0.2, 0.25) is 0 Å². The summed E-state index contributed by atoms with van der Waals surface area (Å²) in [7, 11) is 1.92. The van der Waals surface area contributed by atoms with Crippen LogP contribution in [0, 0.1) is 0 Å². The van der Waals surface area contributed by atoms with Crippen molar-refractivity contribution >= 4 is 12.0 Å². The van der Waals surface area contributed by atoms with Crippen LogP contribution in [-0.2, 0) is 4.74 Å². The van der Waals surface area contributed by atoms with Crippen molar-refractivity contribution in [1.82, 2.24) is 20.5 Å². The minimum atomic E-state index is -0.493. The minimum absolute atomic E-state index is 0.140. The summed E-state index contributed by atoms with van der Waals surface area (Å²) >= 11 is 0. The van der Waals surface area contributed by atoms with Crippen molar-refractivity contribution in [2.45, 2.75) is 26.4 Å². The number of carbonyl (C=O) groups excluding carboxylic acids is 2. The van der Waals surface area contributed by atoms with Crippen LogP contribution in [0.2, 0.25) is 0 Å². The lowest BCUT2D eigenvalue weighted by Crippen LogP contribution is -2.39. The molecule has 0 aliphatic heterocycles. The summed E-state index contributed by atoms with van der Waals surface area (Å²) in [5, 5.41) is 5.52. The molecular weight excluding hydrogens is 296 g/mol. The second-order valence-electron chi connectivity index (χ2n) is 6.23. The van der Waals surface area contributed by atoms with Crippen molar-refractivity contribution in [2.24, 2.45) is 0 Å². The zero-order chi connectivity index (χ0) is 17.3. The van der Waals surface area contributed by atoms with E-state index in [1.54, 1.807) is 18.3 Å². The van der Waals surface area contributed by atoms with Gasteiger partial charge in [0.1, 0.15) is 5.60 Å². The summed E-state index contributed by atoms with van der Waals surface area (Å²) in [6.45, 7) is 7.83. The number of carbonyl (C=O) groups is 2. The van der Waals surface area contributed by atoms with E-state index in [0.29, 0.717) is 31.7 Å². The third-order valence-corrected chi connectivity index (χ3v) is 2.86. The van der Waals surface area contributed by atoms with Gasteiger partial charge in [0.25, 0.3) is 5.91 Å². The zero-order valence-corrected chi connectivity index (χ0v) is 14.3. The van der Waals surface area contributed by atoms with Crippen LogP contribution in [0.4, 0.5) is 4.79 Å². The number of pyridine rings is 1. The Balaban J connectivity index is 2.14. The van der Waals surface area contributed by atoms with Crippen LogP contribution in [0.25, 0.3) is 0 Å². The molecule has 1 aromatic rings. The molecule has 1 heterocycles. The maximum absolute atomic E-state index is 11.8. The summed E-state index contributed by atoms with van der Waals surface area (Å²) < 4.78 is 5.15. The molecular formula is C16H26N4O3. The Hall–Kier alpha value is -2.15. The van der Waals surface area contributed by atoms with Crippen molar-refractivity contribution in [3.05, 3.63) is 30.1 Å². The number of likely N-dealkylation sites (N-methyl/N-ethyl adjacent to an activating group) is 1. The largest absolute Gasteiger partial charge is 0.444 e. The van der Waals surface area contributed by atoms with E-state index in [0.717, 1.165) is 0 Å². The molecule has 0 aliphatic rings. The van der Waals surface area contributed by atoms with Crippen LogP contribution in [0.15, 0.2) is 24.5 Å². The van der Waals surface area contributed by atoms with Gasteiger partial charge in [0, 0.05) is 38.6 Å². The van der Waals surface area contributed by atoms with Gasteiger partial charge >= 0.3 is 6.09 Å². The number of hydrogen-bond donors (Lipinski definition) is 2. The Morgan fingerprint density at radius 1 is 1.22 bits per heavy atom. The molecule has 1 aromatic heterocycles. The first kappa shape index (κ1) is 18.9. The lowest BCUT2D eigenvalue weighted by molar-refractivity contribution is 0.0524. The van der Waals surface area contributed by atoms with E-state index >= 15 is 0 Å². The Morgan fingerprint density at radius 2 is 1.87 bits per heavy atom. The average Bonchev–Trinajstić information content (AvgIpc) is 2.46. The van der Waals surface area contributed by atoms with Crippen molar-refractivity contribution < 1.29 is 14.3 Å². The SMILES string of the molecule is CN(CCNC(=O)OC(C)(C)C)CCNC(=O)c1cccnc1. The molecule has 2 N–H and O–H groups in total. The van der Waals surface area contributed by atoms with E-state index in [2.05, 4.69) is 15.6 Å². The first-order valence-corrected chi connectivity index (χ1v) is 7.61. The highest BCUT2D eigenvalue weighted by Gasteiger charge is 2.15. The van der Waals surface area contributed by atoms with Crippen LogP contribution in [-0.4, -0.2) is 60.7 Å². The first-order chi connectivity index (χ1) is 10.8. The maximum atomic E-state index is 11.8. The van der Waals surface area contributed by atoms with E-state index in [-0.39, 0.29) is 5.91 Å². The predicted molar refractivity (Wildman–Crippen MR) is 88.3 cm³/mol. The average molecular weight is 322 g/mol. The highest BCUT2D eigenvalue weighted by molar-refractivity contribution is 5.93. The van der Waals surface area contributed by atoms with Crippen molar-refractivity contribution in [3.63, 3.8) is 0 Å². The van der Waals surface area contributed by atoms with Gasteiger partial charge in [-0.25, -0.2) is 4.79 Å². The van der Waals surface area contributed by atoms with Crippen molar-refractivity contribution in [3.8, 4) is 0 Å².